The third kappa shape index (κ3) is 3.41. The highest BCUT2D eigenvalue weighted by Crippen LogP contribution is 2.38. The summed E-state index contributed by atoms with van der Waals surface area (Å²) in [6, 6.07) is 3.81. The number of aromatic nitrogens is 3. The van der Waals surface area contributed by atoms with Crippen LogP contribution in [0.1, 0.15) is 44.4 Å². The number of rotatable bonds is 3. The van der Waals surface area contributed by atoms with Crippen molar-refractivity contribution in [3.63, 3.8) is 0 Å². The molecule has 2 unspecified atom stereocenters. The fourth-order valence-corrected chi connectivity index (χ4v) is 4.88. The topological polar surface area (TPSA) is 75.4 Å². The Morgan fingerprint density at radius 3 is 2.43 bits per heavy atom. The van der Waals surface area contributed by atoms with Crippen molar-refractivity contribution in [2.24, 2.45) is 5.92 Å². The Labute approximate surface area is 171 Å². The molecule has 3 saturated heterocycles. The van der Waals surface area contributed by atoms with Gasteiger partial charge in [0, 0.05) is 30.8 Å². The van der Waals surface area contributed by atoms with E-state index in [9.17, 15) is 18.0 Å². The predicted molar refractivity (Wildman–Crippen MR) is 100 cm³/mol. The minimum Gasteiger partial charge on any atom is -0.352 e. The number of alkyl halides is 3. The van der Waals surface area contributed by atoms with Gasteiger partial charge in [-0.15, -0.1) is 0 Å². The van der Waals surface area contributed by atoms with Gasteiger partial charge in [0.15, 0.2) is 0 Å². The molecule has 1 aliphatic carbocycles. The number of hydrogen-bond donors (Lipinski definition) is 0. The van der Waals surface area contributed by atoms with Gasteiger partial charge in [-0.1, -0.05) is 24.4 Å². The second kappa shape index (κ2) is 7.24. The van der Waals surface area contributed by atoms with Crippen molar-refractivity contribution >= 4 is 11.7 Å². The van der Waals surface area contributed by atoms with Crippen molar-refractivity contribution in [3.05, 3.63) is 24.2 Å². The van der Waals surface area contributed by atoms with Gasteiger partial charge in [-0.25, -0.2) is 4.98 Å². The zero-order chi connectivity index (χ0) is 20.9. The number of pyridine rings is 1. The average Bonchev–Trinajstić information content (AvgIpc) is 3.25. The normalized spacial score (nSPS) is 24.6. The van der Waals surface area contributed by atoms with Crippen LogP contribution in [0.25, 0.3) is 11.4 Å². The Balaban J connectivity index is 1.24. The highest BCUT2D eigenvalue weighted by atomic mass is 19.4. The smallest absolute Gasteiger partial charge is 0.352 e. The van der Waals surface area contributed by atoms with Gasteiger partial charge >= 0.3 is 12.1 Å². The summed E-state index contributed by atoms with van der Waals surface area (Å²) in [5.74, 6) is -0.286. The van der Waals surface area contributed by atoms with Gasteiger partial charge < -0.3 is 14.3 Å². The first-order valence-corrected chi connectivity index (χ1v) is 10.3. The highest BCUT2D eigenvalue weighted by molar-refractivity contribution is 5.81. The summed E-state index contributed by atoms with van der Waals surface area (Å²) in [7, 11) is 0. The van der Waals surface area contributed by atoms with E-state index in [1.54, 1.807) is 12.1 Å². The average molecular weight is 421 g/mol. The van der Waals surface area contributed by atoms with Crippen LogP contribution < -0.4 is 4.90 Å². The molecular formula is C20H22F3N5O2. The third-order valence-electron chi connectivity index (χ3n) is 6.40. The largest absolute Gasteiger partial charge is 0.471 e. The van der Waals surface area contributed by atoms with E-state index >= 15 is 0 Å². The molecule has 3 aliphatic heterocycles. The molecular weight excluding hydrogens is 399 g/mol. The summed E-state index contributed by atoms with van der Waals surface area (Å²) in [5.41, 5.74) is 0.356. The molecule has 0 spiro atoms. The zero-order valence-electron chi connectivity index (χ0n) is 16.3. The predicted octanol–water partition coefficient (Wildman–Crippen LogP) is 3.52. The van der Waals surface area contributed by atoms with Crippen LogP contribution in [0.5, 0.6) is 0 Å². The van der Waals surface area contributed by atoms with E-state index in [0.717, 1.165) is 51.0 Å². The van der Waals surface area contributed by atoms with E-state index in [1.165, 1.54) is 12.6 Å². The molecule has 30 heavy (non-hydrogen) atoms. The number of fused-ring (bicyclic) bond motifs is 2. The van der Waals surface area contributed by atoms with E-state index in [-0.39, 0.29) is 23.8 Å². The second-order valence-electron chi connectivity index (χ2n) is 8.35. The molecule has 5 heterocycles. The van der Waals surface area contributed by atoms with Crippen molar-refractivity contribution in [1.29, 1.82) is 0 Å². The molecule has 4 aliphatic rings. The number of carbonyl (C=O) groups is 1. The first-order chi connectivity index (χ1) is 14.4. The molecule has 7 nitrogen and oxygen atoms in total. The molecule has 10 heteroatoms. The van der Waals surface area contributed by atoms with E-state index in [2.05, 4.69) is 29.4 Å². The van der Waals surface area contributed by atoms with Gasteiger partial charge in [-0.05, 0) is 31.4 Å². The van der Waals surface area contributed by atoms with Gasteiger partial charge in [-0.2, -0.15) is 18.2 Å². The number of anilines is 1. The Kier molecular flexibility index (Phi) is 4.67. The fourth-order valence-electron chi connectivity index (χ4n) is 4.88. The number of carbonyl (C=O) groups excluding carboxylic acids is 1. The minimum atomic E-state index is -4.67. The van der Waals surface area contributed by atoms with E-state index in [4.69, 9.17) is 0 Å². The van der Waals surface area contributed by atoms with Crippen LogP contribution in [0.4, 0.5) is 19.0 Å². The second-order valence-corrected chi connectivity index (χ2v) is 8.35. The SMILES string of the molecule is O=C(C1CCCCC1)N1C2CC1CN(c1ccc(-c3noc(C(F)(F)F)n3)cn1)C2. The molecule has 2 bridgehead atoms. The number of halogens is 3. The van der Waals surface area contributed by atoms with Crippen LogP contribution >= 0.6 is 0 Å². The Hall–Kier alpha value is -2.65. The van der Waals surface area contributed by atoms with Crippen LogP contribution in [0.15, 0.2) is 22.9 Å². The lowest BCUT2D eigenvalue weighted by Crippen LogP contribution is -2.71. The lowest BCUT2D eigenvalue weighted by molar-refractivity contribution is -0.159. The summed E-state index contributed by atoms with van der Waals surface area (Å²) in [6.07, 6.45) is 3.34. The molecule has 160 valence electrons. The standard InChI is InChI=1S/C20H22F3N5O2/c21-20(22,23)19-25-17(26-30-19)13-6-7-16(24-9-13)27-10-14-8-15(11-27)28(14)18(29)12-4-2-1-3-5-12/h6-7,9,12,14-15H,1-5,8,10-11H2. The molecule has 2 atom stereocenters. The zero-order valence-corrected chi connectivity index (χ0v) is 16.3. The summed E-state index contributed by atoms with van der Waals surface area (Å²) >= 11 is 0. The molecule has 0 N–H and O–H groups in total. The number of piperazine rings is 1. The molecule has 0 radical (unpaired) electrons. The lowest BCUT2D eigenvalue weighted by atomic mass is 9.82. The van der Waals surface area contributed by atoms with E-state index in [0.29, 0.717) is 11.5 Å². The van der Waals surface area contributed by atoms with Gasteiger partial charge in [0.05, 0.1) is 12.1 Å². The molecule has 2 aromatic rings. The lowest BCUT2D eigenvalue weighted by Gasteiger charge is -2.57. The first kappa shape index (κ1) is 19.3. The fraction of sp³-hybridized carbons (Fsp3) is 0.600. The maximum Gasteiger partial charge on any atom is 0.471 e. The number of amides is 1. The monoisotopic (exact) mass is 421 g/mol. The number of hydrogen-bond acceptors (Lipinski definition) is 6. The van der Waals surface area contributed by atoms with Crippen LogP contribution in [0.3, 0.4) is 0 Å². The quantitative estimate of drug-likeness (QED) is 0.755. The van der Waals surface area contributed by atoms with E-state index in [1.807, 2.05) is 0 Å². The van der Waals surface area contributed by atoms with Gasteiger partial charge in [-0.3, -0.25) is 4.79 Å². The van der Waals surface area contributed by atoms with Crippen LogP contribution in [0.2, 0.25) is 0 Å². The molecule has 6 rings (SSSR count). The van der Waals surface area contributed by atoms with E-state index < -0.39 is 12.1 Å². The number of nitrogens with zero attached hydrogens (tertiary/aromatic N) is 5. The molecule has 1 amide bonds. The summed E-state index contributed by atoms with van der Waals surface area (Å²) in [6.45, 7) is 1.45. The third-order valence-corrected chi connectivity index (χ3v) is 6.40. The van der Waals surface area contributed by atoms with Crippen LogP contribution in [-0.4, -0.2) is 51.1 Å². The van der Waals surface area contributed by atoms with Crippen molar-refractivity contribution in [1.82, 2.24) is 20.0 Å². The maximum atomic E-state index is 12.9. The Morgan fingerprint density at radius 2 is 1.83 bits per heavy atom. The van der Waals surface area contributed by atoms with Crippen LogP contribution in [0, 0.1) is 5.92 Å². The summed E-state index contributed by atoms with van der Waals surface area (Å²) in [5, 5.41) is 3.38. The Morgan fingerprint density at radius 1 is 1.10 bits per heavy atom. The number of piperidine rings is 1. The molecule has 0 aromatic carbocycles. The van der Waals surface area contributed by atoms with Gasteiger partial charge in [0.2, 0.25) is 11.7 Å². The minimum absolute atomic E-state index is 0.146. The van der Waals surface area contributed by atoms with Crippen molar-refractivity contribution in [2.75, 3.05) is 18.0 Å². The van der Waals surface area contributed by atoms with Gasteiger partial charge in [0.1, 0.15) is 5.82 Å². The first-order valence-electron chi connectivity index (χ1n) is 10.3. The summed E-state index contributed by atoms with van der Waals surface area (Å²) < 4.78 is 42.1. The molecule has 4 fully saturated rings. The maximum absolute atomic E-state index is 12.9. The molecule has 2 aromatic heterocycles. The highest BCUT2D eigenvalue weighted by Gasteiger charge is 2.48. The van der Waals surface area contributed by atoms with Crippen molar-refractivity contribution < 1.29 is 22.5 Å². The van der Waals surface area contributed by atoms with Crippen molar-refractivity contribution in [2.45, 2.75) is 56.8 Å². The van der Waals surface area contributed by atoms with Gasteiger partial charge in [0.25, 0.3) is 0 Å². The van der Waals surface area contributed by atoms with Crippen LogP contribution in [-0.2, 0) is 11.0 Å². The van der Waals surface area contributed by atoms with Crippen molar-refractivity contribution in [3.8, 4) is 11.4 Å². The Bertz CT molecular complexity index is 911. The summed E-state index contributed by atoms with van der Waals surface area (Å²) in [4.78, 5) is 24.9. The molecule has 1 saturated carbocycles.